The quantitative estimate of drug-likeness (QED) is 0.746. The zero-order valence-electron chi connectivity index (χ0n) is 10.7. The van der Waals surface area contributed by atoms with Gasteiger partial charge in [-0.3, -0.25) is 0 Å². The fourth-order valence-corrected chi connectivity index (χ4v) is 2.63. The Morgan fingerprint density at radius 1 is 1.35 bits per heavy atom. The lowest BCUT2D eigenvalue weighted by Gasteiger charge is -1.93. The molecule has 102 valence electrons. The van der Waals surface area contributed by atoms with Crippen LogP contribution in [0.4, 0.5) is 0 Å². The van der Waals surface area contributed by atoms with Crippen LogP contribution in [0.2, 0.25) is 0 Å². The van der Waals surface area contributed by atoms with Gasteiger partial charge < -0.3 is 13.9 Å². The summed E-state index contributed by atoms with van der Waals surface area (Å²) in [5.74, 6) is -0.467. The number of hydrogen-bond acceptors (Lipinski definition) is 4. The highest BCUT2D eigenvalue weighted by Crippen LogP contribution is 2.24. The maximum Gasteiger partial charge on any atom is 0.371 e. The number of imidazole rings is 1. The third-order valence-electron chi connectivity index (χ3n) is 2.80. The lowest BCUT2D eigenvalue weighted by Crippen LogP contribution is -1.91. The Kier molecular flexibility index (Phi) is 3.23. The summed E-state index contributed by atoms with van der Waals surface area (Å²) in [5, 5.41) is 9.37. The molecule has 0 fully saturated rings. The molecule has 0 aliphatic heterocycles. The molecule has 0 unspecified atom stereocenters. The average molecular weight is 288 g/mol. The van der Waals surface area contributed by atoms with E-state index in [1.807, 2.05) is 35.9 Å². The summed E-state index contributed by atoms with van der Waals surface area (Å²) in [6, 6.07) is 7.11. The Balaban J connectivity index is 1.74. The van der Waals surface area contributed by atoms with Crippen molar-refractivity contribution in [1.29, 1.82) is 0 Å². The molecule has 3 aromatic heterocycles. The lowest BCUT2D eigenvalue weighted by molar-refractivity contribution is 0.0656. The number of aryl methyl sites for hydroxylation is 1. The smallest absolute Gasteiger partial charge is 0.371 e. The number of thioether (sulfide) groups is 1. The Bertz CT molecular complexity index is 776. The van der Waals surface area contributed by atoms with Crippen molar-refractivity contribution >= 4 is 23.4 Å². The summed E-state index contributed by atoms with van der Waals surface area (Å²) in [5.41, 5.74) is 3.00. The minimum Gasteiger partial charge on any atom is -0.475 e. The Hall–Kier alpha value is -2.21. The zero-order chi connectivity index (χ0) is 14.1. The number of carboxylic acids is 1. The van der Waals surface area contributed by atoms with Crippen LogP contribution in [-0.4, -0.2) is 20.5 Å². The standard InChI is InChI=1S/C14H12N2O3S/c1-9-2-4-12-15-10(7-16(12)6-9)8-20-13-5-3-11(19-13)14(17)18/h2-7H,8H2,1H3,(H,17,18). The predicted octanol–water partition coefficient (Wildman–Crippen LogP) is 3.23. The van der Waals surface area contributed by atoms with Crippen LogP contribution in [0.25, 0.3) is 5.65 Å². The zero-order valence-corrected chi connectivity index (χ0v) is 11.6. The molecular formula is C14H12N2O3S. The van der Waals surface area contributed by atoms with E-state index in [1.165, 1.54) is 23.4 Å². The summed E-state index contributed by atoms with van der Waals surface area (Å²) in [4.78, 5) is 15.2. The molecule has 0 aliphatic rings. The van der Waals surface area contributed by atoms with E-state index in [4.69, 9.17) is 9.52 Å². The number of aromatic carboxylic acids is 1. The van der Waals surface area contributed by atoms with E-state index >= 15 is 0 Å². The number of furan rings is 1. The molecule has 0 spiro atoms. The first-order valence-electron chi connectivity index (χ1n) is 6.02. The van der Waals surface area contributed by atoms with E-state index in [0.717, 1.165) is 11.3 Å². The van der Waals surface area contributed by atoms with Gasteiger partial charge in [0.15, 0.2) is 5.09 Å². The molecule has 0 radical (unpaired) electrons. The molecular weight excluding hydrogens is 276 g/mol. The molecule has 0 atom stereocenters. The van der Waals surface area contributed by atoms with Gasteiger partial charge in [0.1, 0.15) is 5.65 Å². The fraction of sp³-hybridized carbons (Fsp3) is 0.143. The number of carbonyl (C=O) groups is 1. The van der Waals surface area contributed by atoms with Crippen LogP contribution in [0, 0.1) is 6.92 Å². The van der Waals surface area contributed by atoms with Crippen molar-refractivity contribution in [2.24, 2.45) is 0 Å². The van der Waals surface area contributed by atoms with Gasteiger partial charge in [-0.2, -0.15) is 0 Å². The van der Waals surface area contributed by atoms with Gasteiger partial charge >= 0.3 is 5.97 Å². The van der Waals surface area contributed by atoms with E-state index in [9.17, 15) is 4.79 Å². The summed E-state index contributed by atoms with van der Waals surface area (Å²) < 4.78 is 7.17. The van der Waals surface area contributed by atoms with Gasteiger partial charge in [-0.05, 0) is 30.7 Å². The van der Waals surface area contributed by atoms with Crippen LogP contribution in [0.15, 0.2) is 46.2 Å². The Labute approximate surface area is 119 Å². The average Bonchev–Trinajstić information content (AvgIpc) is 3.01. The first-order chi connectivity index (χ1) is 9.61. The van der Waals surface area contributed by atoms with Crippen LogP contribution in [-0.2, 0) is 5.75 Å². The minimum absolute atomic E-state index is 0.0434. The van der Waals surface area contributed by atoms with Gasteiger partial charge in [0.05, 0.1) is 5.69 Å². The van der Waals surface area contributed by atoms with Crippen molar-refractivity contribution in [1.82, 2.24) is 9.38 Å². The molecule has 0 saturated heterocycles. The normalized spacial score (nSPS) is 11.1. The molecule has 20 heavy (non-hydrogen) atoms. The molecule has 3 rings (SSSR count). The number of aromatic nitrogens is 2. The van der Waals surface area contributed by atoms with Crippen molar-refractivity contribution in [3.05, 3.63) is 53.7 Å². The maximum atomic E-state index is 10.7. The van der Waals surface area contributed by atoms with Crippen molar-refractivity contribution in [2.45, 2.75) is 17.8 Å². The van der Waals surface area contributed by atoms with Gasteiger partial charge in [0.2, 0.25) is 5.76 Å². The van der Waals surface area contributed by atoms with E-state index < -0.39 is 5.97 Å². The SMILES string of the molecule is Cc1ccc2nc(CSc3ccc(C(=O)O)o3)cn2c1. The predicted molar refractivity (Wildman–Crippen MR) is 75.2 cm³/mol. The second-order valence-electron chi connectivity index (χ2n) is 4.42. The second-order valence-corrected chi connectivity index (χ2v) is 5.40. The van der Waals surface area contributed by atoms with Gasteiger partial charge in [-0.1, -0.05) is 17.8 Å². The highest BCUT2D eigenvalue weighted by Gasteiger charge is 2.10. The van der Waals surface area contributed by atoms with E-state index in [0.29, 0.717) is 10.8 Å². The molecule has 3 heterocycles. The van der Waals surface area contributed by atoms with Crippen molar-refractivity contribution in [3.8, 4) is 0 Å². The fourth-order valence-electron chi connectivity index (χ4n) is 1.88. The summed E-state index contributed by atoms with van der Waals surface area (Å²) in [6.45, 7) is 2.03. The number of nitrogens with zero attached hydrogens (tertiary/aromatic N) is 2. The molecule has 0 saturated carbocycles. The summed E-state index contributed by atoms with van der Waals surface area (Å²) in [6.07, 6.45) is 3.99. The van der Waals surface area contributed by atoms with Crippen molar-refractivity contribution < 1.29 is 14.3 Å². The van der Waals surface area contributed by atoms with Crippen molar-refractivity contribution in [3.63, 3.8) is 0 Å². The third-order valence-corrected chi connectivity index (χ3v) is 3.75. The van der Waals surface area contributed by atoms with Crippen LogP contribution >= 0.6 is 11.8 Å². The van der Waals surface area contributed by atoms with Crippen LogP contribution in [0.5, 0.6) is 0 Å². The first-order valence-corrected chi connectivity index (χ1v) is 7.00. The molecule has 6 heteroatoms. The van der Waals surface area contributed by atoms with Gasteiger partial charge in [-0.15, -0.1) is 0 Å². The number of fused-ring (bicyclic) bond motifs is 1. The third kappa shape index (κ3) is 2.55. The van der Waals surface area contributed by atoms with Crippen LogP contribution in [0.3, 0.4) is 0 Å². The summed E-state index contributed by atoms with van der Waals surface area (Å²) >= 11 is 1.43. The second kappa shape index (κ2) is 5.05. The first kappa shape index (κ1) is 12.8. The topological polar surface area (TPSA) is 67.7 Å². The van der Waals surface area contributed by atoms with Crippen LogP contribution in [0.1, 0.15) is 21.8 Å². The Morgan fingerprint density at radius 2 is 2.20 bits per heavy atom. The van der Waals surface area contributed by atoms with E-state index in [1.54, 1.807) is 6.07 Å². The molecule has 3 aromatic rings. The summed E-state index contributed by atoms with van der Waals surface area (Å²) in [7, 11) is 0. The molecule has 5 nitrogen and oxygen atoms in total. The monoisotopic (exact) mass is 288 g/mol. The lowest BCUT2D eigenvalue weighted by atomic mass is 10.3. The largest absolute Gasteiger partial charge is 0.475 e. The van der Waals surface area contributed by atoms with Crippen molar-refractivity contribution in [2.75, 3.05) is 0 Å². The maximum absolute atomic E-state index is 10.7. The van der Waals surface area contributed by atoms with Gasteiger partial charge in [0, 0.05) is 18.1 Å². The van der Waals surface area contributed by atoms with Crippen LogP contribution < -0.4 is 0 Å². The van der Waals surface area contributed by atoms with Gasteiger partial charge in [0.25, 0.3) is 0 Å². The Morgan fingerprint density at radius 3 is 2.95 bits per heavy atom. The highest BCUT2D eigenvalue weighted by molar-refractivity contribution is 7.98. The molecule has 0 bridgehead atoms. The highest BCUT2D eigenvalue weighted by atomic mass is 32.2. The molecule has 0 amide bonds. The number of hydrogen-bond donors (Lipinski definition) is 1. The van der Waals surface area contributed by atoms with E-state index in [2.05, 4.69) is 4.98 Å². The number of pyridine rings is 1. The molecule has 1 N–H and O–H groups in total. The van der Waals surface area contributed by atoms with E-state index in [-0.39, 0.29) is 5.76 Å². The number of carboxylic acid groups (broad SMARTS) is 1. The minimum atomic E-state index is -1.06. The molecule has 0 aromatic carbocycles. The number of rotatable bonds is 4. The van der Waals surface area contributed by atoms with Gasteiger partial charge in [-0.25, -0.2) is 9.78 Å². The molecule has 0 aliphatic carbocycles.